The van der Waals surface area contributed by atoms with Crippen LogP contribution >= 0.6 is 21.8 Å². The number of aryl methyl sites for hydroxylation is 1. The van der Waals surface area contributed by atoms with E-state index < -0.39 is 0 Å². The molecule has 0 bridgehead atoms. The van der Waals surface area contributed by atoms with Gasteiger partial charge in [0.15, 0.2) is 0 Å². The van der Waals surface area contributed by atoms with Gasteiger partial charge in [0.25, 0.3) is 4.88 Å². The molecule has 1 aromatic carbocycles. The third kappa shape index (κ3) is 2.75. The Morgan fingerprint density at radius 2 is 2.00 bits per heavy atom. The number of rotatable bonds is 3. The van der Waals surface area contributed by atoms with Gasteiger partial charge in [-0.1, -0.05) is 30.3 Å². The van der Waals surface area contributed by atoms with Gasteiger partial charge < -0.3 is 4.74 Å². The van der Waals surface area contributed by atoms with Gasteiger partial charge in [-0.3, -0.25) is 0 Å². The van der Waals surface area contributed by atoms with E-state index >= 15 is 0 Å². The molecule has 0 aliphatic heterocycles. The first-order chi connectivity index (χ1) is 10.2. The van der Waals surface area contributed by atoms with Gasteiger partial charge in [0.1, 0.15) is 16.6 Å². The van der Waals surface area contributed by atoms with Crippen molar-refractivity contribution >= 4 is 27.8 Å². The number of benzene rings is 1. The number of carbonyl (C=O) groups excluding carboxylic acids is 1. The fraction of sp³-hybridized carbons (Fsp3) is 0.125. The minimum absolute atomic E-state index is 0.215. The van der Waals surface area contributed by atoms with Crippen LogP contribution in [0.3, 0.4) is 0 Å². The van der Waals surface area contributed by atoms with Gasteiger partial charge in [-0.25, -0.2) is 9.78 Å². The summed E-state index contributed by atoms with van der Waals surface area (Å²) in [6.07, 6.45) is 2.02. The Hall–Kier alpha value is -1.98. The summed E-state index contributed by atoms with van der Waals surface area (Å²) >= 11 is 1.59. The molecule has 0 aliphatic carbocycles. The summed E-state index contributed by atoms with van der Waals surface area (Å²) in [6.45, 7) is 0. The Morgan fingerprint density at radius 3 is 2.71 bits per heavy atom. The maximum atomic E-state index is 11.7. The van der Waals surface area contributed by atoms with Gasteiger partial charge in [-0.05, 0) is 10.5 Å². The number of esters is 1. The van der Waals surface area contributed by atoms with E-state index in [0.29, 0.717) is 4.88 Å². The molecule has 2 heterocycles. The van der Waals surface area contributed by atoms with Crippen molar-refractivity contribution in [3.05, 3.63) is 52.0 Å². The molecule has 1 unspecified atom stereocenters. The first-order valence-electron chi connectivity index (χ1n) is 6.37. The number of hydrogen-bond donors (Lipinski definition) is 0. The molecular formula is C16H14NO2S2+. The van der Waals surface area contributed by atoms with E-state index in [-0.39, 0.29) is 16.4 Å². The molecule has 0 saturated carbocycles. The van der Waals surface area contributed by atoms with Crippen LogP contribution in [0.2, 0.25) is 0 Å². The molecule has 2 aromatic heterocycles. The van der Waals surface area contributed by atoms with Gasteiger partial charge in [-0.2, -0.15) is 0 Å². The van der Waals surface area contributed by atoms with Crippen molar-refractivity contribution in [2.45, 2.75) is 0 Å². The van der Waals surface area contributed by atoms with Gasteiger partial charge in [0.2, 0.25) is 0 Å². The van der Waals surface area contributed by atoms with Crippen molar-refractivity contribution in [1.29, 1.82) is 0 Å². The molecule has 1 atom stereocenters. The molecule has 3 rings (SSSR count). The van der Waals surface area contributed by atoms with Crippen LogP contribution in [-0.2, 0) is 11.0 Å². The summed E-state index contributed by atoms with van der Waals surface area (Å²) in [6, 6.07) is 12.0. The molecular weight excluding hydrogens is 302 g/mol. The first kappa shape index (κ1) is 14.0. The predicted molar refractivity (Wildman–Crippen MR) is 87.8 cm³/mol. The average Bonchev–Trinajstić information content (AvgIpc) is 3.14. The summed E-state index contributed by atoms with van der Waals surface area (Å²) in [5.41, 5.74) is 3.08. The number of aromatic nitrogens is 1. The van der Waals surface area contributed by atoms with E-state index in [1.54, 1.807) is 11.3 Å². The van der Waals surface area contributed by atoms with Crippen molar-refractivity contribution in [3.8, 4) is 21.8 Å². The highest BCUT2D eigenvalue weighted by molar-refractivity contribution is 7.30. The van der Waals surface area contributed by atoms with Crippen LogP contribution in [0.15, 0.2) is 47.2 Å². The number of thiazole rings is 1. The fourth-order valence-corrected chi connectivity index (χ4v) is 4.31. The standard InChI is InChI=1S/C16H14NO2S2/c1-19-16(18)14-8-12(10-21(14)2)15-17-13(9-20-15)11-6-4-3-5-7-11/h3-10H,1-2H3/q+1. The number of carbonyl (C=O) groups is 1. The third-order valence-corrected chi connectivity index (χ3v) is 5.62. The van der Waals surface area contributed by atoms with E-state index in [9.17, 15) is 4.79 Å². The molecule has 0 amide bonds. The predicted octanol–water partition coefficient (Wildman–Crippen LogP) is 4.55. The molecule has 106 valence electrons. The van der Waals surface area contributed by atoms with Gasteiger partial charge in [0.05, 0.1) is 18.4 Å². The zero-order valence-corrected chi connectivity index (χ0v) is 13.3. The molecule has 21 heavy (non-hydrogen) atoms. The smallest absolute Gasteiger partial charge is 0.391 e. The van der Waals surface area contributed by atoms with Crippen molar-refractivity contribution < 1.29 is 9.53 Å². The number of thiophene rings is 1. The van der Waals surface area contributed by atoms with Crippen LogP contribution in [0.25, 0.3) is 21.8 Å². The number of ether oxygens (including phenoxy) is 1. The number of methoxy groups -OCH3 is 1. The summed E-state index contributed by atoms with van der Waals surface area (Å²) in [5.74, 6) is -0.257. The Balaban J connectivity index is 1.96. The van der Waals surface area contributed by atoms with E-state index in [1.807, 2.05) is 48.0 Å². The molecule has 0 fully saturated rings. The summed E-state index contributed by atoms with van der Waals surface area (Å²) in [7, 11) is 1.20. The lowest BCUT2D eigenvalue weighted by atomic mass is 10.2. The molecule has 3 aromatic rings. The molecule has 0 spiro atoms. The van der Waals surface area contributed by atoms with Crippen molar-refractivity contribution in [3.63, 3.8) is 0 Å². The molecule has 0 saturated heterocycles. The van der Waals surface area contributed by atoms with Crippen LogP contribution in [0.1, 0.15) is 9.67 Å². The van der Waals surface area contributed by atoms with Crippen LogP contribution in [0, 0.1) is 0 Å². The molecule has 5 heteroatoms. The summed E-state index contributed by atoms with van der Waals surface area (Å²) < 4.78 is 4.81. The second-order valence-corrected chi connectivity index (χ2v) is 7.18. The summed E-state index contributed by atoms with van der Waals surface area (Å²) in [5, 5.41) is 5.07. The van der Waals surface area contributed by atoms with Crippen molar-refractivity contribution in [2.75, 3.05) is 7.11 Å². The zero-order valence-electron chi connectivity index (χ0n) is 11.7. The molecule has 0 N–H and O–H groups in total. The molecule has 0 radical (unpaired) electrons. The quantitative estimate of drug-likeness (QED) is 0.525. The van der Waals surface area contributed by atoms with E-state index in [1.165, 1.54) is 7.11 Å². The highest BCUT2D eigenvalue weighted by Gasteiger charge is 2.23. The minimum Gasteiger partial charge on any atom is -0.462 e. The van der Waals surface area contributed by atoms with Crippen LogP contribution < -0.4 is 0 Å². The van der Waals surface area contributed by atoms with Crippen LogP contribution in [-0.4, -0.2) is 18.1 Å². The van der Waals surface area contributed by atoms with Gasteiger partial charge in [-0.15, -0.1) is 11.3 Å². The van der Waals surface area contributed by atoms with Crippen LogP contribution in [0.5, 0.6) is 0 Å². The third-order valence-electron chi connectivity index (χ3n) is 3.14. The maximum Gasteiger partial charge on any atom is 0.391 e. The fourth-order valence-electron chi connectivity index (χ4n) is 2.07. The topological polar surface area (TPSA) is 39.2 Å². The maximum absolute atomic E-state index is 11.7. The van der Waals surface area contributed by atoms with Crippen molar-refractivity contribution in [1.82, 2.24) is 4.98 Å². The van der Waals surface area contributed by atoms with E-state index in [2.05, 4.69) is 10.4 Å². The second-order valence-electron chi connectivity index (χ2n) is 4.53. The summed E-state index contributed by atoms with van der Waals surface area (Å²) in [4.78, 5) is 17.1. The van der Waals surface area contributed by atoms with E-state index in [0.717, 1.165) is 21.8 Å². The lowest BCUT2D eigenvalue weighted by molar-refractivity contribution is 0.0606. The molecule has 3 nitrogen and oxygen atoms in total. The lowest BCUT2D eigenvalue weighted by Crippen LogP contribution is -1.98. The first-order valence-corrected chi connectivity index (χ1v) is 8.94. The van der Waals surface area contributed by atoms with Crippen LogP contribution in [0.4, 0.5) is 0 Å². The molecule has 0 aliphatic rings. The SMILES string of the molecule is COC(=O)c1cc(-c2nc(-c3ccccc3)cs2)c[s+]1C. The van der Waals surface area contributed by atoms with Gasteiger partial charge in [0, 0.05) is 17.0 Å². The highest BCUT2D eigenvalue weighted by Crippen LogP contribution is 2.35. The zero-order chi connectivity index (χ0) is 14.8. The largest absolute Gasteiger partial charge is 0.462 e. The second kappa shape index (κ2) is 5.79. The number of hydrogen-bond acceptors (Lipinski definition) is 4. The normalized spacial score (nSPS) is 11.4. The Labute approximate surface area is 129 Å². The lowest BCUT2D eigenvalue weighted by Gasteiger charge is -1.93. The number of nitrogens with zero attached hydrogens (tertiary/aromatic N) is 1. The highest BCUT2D eigenvalue weighted by atomic mass is 32.2. The average molecular weight is 316 g/mol. The Kier molecular flexibility index (Phi) is 3.86. The van der Waals surface area contributed by atoms with Crippen molar-refractivity contribution in [2.24, 2.45) is 6.26 Å². The van der Waals surface area contributed by atoms with Gasteiger partial charge >= 0.3 is 5.97 Å². The Morgan fingerprint density at radius 1 is 1.24 bits per heavy atom. The minimum atomic E-state index is -0.257. The monoisotopic (exact) mass is 316 g/mol. The van der Waals surface area contributed by atoms with E-state index in [4.69, 9.17) is 4.74 Å². The Bertz CT molecular complexity index is 775.